The first kappa shape index (κ1) is 15.2. The number of nitro benzene ring substituents is 1. The molecule has 0 N–H and O–H groups in total. The van der Waals surface area contributed by atoms with Crippen molar-refractivity contribution >= 4 is 16.7 Å². The summed E-state index contributed by atoms with van der Waals surface area (Å²) in [7, 11) is 1.54. The fraction of sp³-hybridized carbons (Fsp3) is 0.0588. The molecule has 0 saturated heterocycles. The van der Waals surface area contributed by atoms with E-state index in [4.69, 9.17) is 14.4 Å². The highest BCUT2D eigenvalue weighted by atomic mass is 16.6. The molecule has 3 rings (SSSR count). The third-order valence-electron chi connectivity index (χ3n) is 3.55. The van der Waals surface area contributed by atoms with Crippen LogP contribution in [0.3, 0.4) is 0 Å². The minimum atomic E-state index is -0.898. The SMILES string of the molecule is COc1ccc(-c2cc([N+](=O)[O-])c3oc(=O)c(C#N)cc3c2)cc1. The molecule has 0 aliphatic heterocycles. The Kier molecular flexibility index (Phi) is 3.72. The van der Waals surface area contributed by atoms with E-state index in [-0.39, 0.29) is 16.8 Å². The number of hydrogen-bond donors (Lipinski definition) is 0. The van der Waals surface area contributed by atoms with Crippen LogP contribution in [0, 0.1) is 21.4 Å². The molecular formula is C17H10N2O5. The Morgan fingerprint density at radius 3 is 2.46 bits per heavy atom. The monoisotopic (exact) mass is 322 g/mol. The Bertz CT molecular complexity index is 1050. The van der Waals surface area contributed by atoms with Crippen molar-refractivity contribution < 1.29 is 14.1 Å². The van der Waals surface area contributed by atoms with Crippen LogP contribution in [0.4, 0.5) is 5.69 Å². The van der Waals surface area contributed by atoms with Gasteiger partial charge in [0.05, 0.1) is 12.0 Å². The summed E-state index contributed by atoms with van der Waals surface area (Å²) in [6.07, 6.45) is 0. The predicted octanol–water partition coefficient (Wildman–Crippen LogP) is 3.25. The molecule has 3 aromatic rings. The summed E-state index contributed by atoms with van der Waals surface area (Å²) in [5, 5.41) is 20.6. The lowest BCUT2D eigenvalue weighted by Gasteiger charge is -2.06. The van der Waals surface area contributed by atoms with Crippen LogP contribution in [0.1, 0.15) is 5.56 Å². The van der Waals surface area contributed by atoms with E-state index >= 15 is 0 Å². The molecule has 0 aliphatic carbocycles. The van der Waals surface area contributed by atoms with Gasteiger partial charge in [-0.25, -0.2) is 4.79 Å². The average molecular weight is 322 g/mol. The van der Waals surface area contributed by atoms with Crippen molar-refractivity contribution in [2.24, 2.45) is 0 Å². The van der Waals surface area contributed by atoms with Gasteiger partial charge in [-0.15, -0.1) is 0 Å². The van der Waals surface area contributed by atoms with Crippen molar-refractivity contribution in [1.29, 1.82) is 5.26 Å². The number of rotatable bonds is 3. The minimum absolute atomic E-state index is 0.152. The largest absolute Gasteiger partial charge is 0.497 e. The smallest absolute Gasteiger partial charge is 0.354 e. The molecule has 0 aliphatic rings. The molecule has 0 amide bonds. The molecule has 7 nitrogen and oxygen atoms in total. The molecule has 0 saturated carbocycles. The summed E-state index contributed by atoms with van der Waals surface area (Å²) in [6, 6.07) is 13.0. The fourth-order valence-electron chi connectivity index (χ4n) is 2.38. The summed E-state index contributed by atoms with van der Waals surface area (Å²) in [5.41, 5.74) is -0.296. The van der Waals surface area contributed by atoms with Crippen LogP contribution in [0.5, 0.6) is 5.75 Å². The molecule has 0 bridgehead atoms. The van der Waals surface area contributed by atoms with Gasteiger partial charge in [0.25, 0.3) is 0 Å². The number of nitrogens with zero attached hydrogens (tertiary/aromatic N) is 2. The number of hydrogen-bond acceptors (Lipinski definition) is 6. The van der Waals surface area contributed by atoms with Crippen molar-refractivity contribution in [3.8, 4) is 22.9 Å². The maximum Gasteiger partial charge on any atom is 0.354 e. The van der Waals surface area contributed by atoms with Crippen LogP contribution in [0.25, 0.3) is 22.1 Å². The summed E-state index contributed by atoms with van der Waals surface area (Å²) >= 11 is 0. The molecule has 24 heavy (non-hydrogen) atoms. The van der Waals surface area contributed by atoms with Crippen LogP contribution in [0.2, 0.25) is 0 Å². The van der Waals surface area contributed by atoms with Crippen LogP contribution in [0.15, 0.2) is 51.7 Å². The molecular weight excluding hydrogens is 312 g/mol. The highest BCUT2D eigenvalue weighted by molar-refractivity contribution is 5.91. The summed E-state index contributed by atoms with van der Waals surface area (Å²) in [6.45, 7) is 0. The van der Waals surface area contributed by atoms with Crippen molar-refractivity contribution in [1.82, 2.24) is 0 Å². The van der Waals surface area contributed by atoms with Crippen molar-refractivity contribution in [3.63, 3.8) is 0 Å². The molecule has 0 fully saturated rings. The zero-order valence-corrected chi connectivity index (χ0v) is 12.5. The average Bonchev–Trinajstić information content (AvgIpc) is 2.60. The lowest BCUT2D eigenvalue weighted by molar-refractivity contribution is -0.383. The predicted molar refractivity (Wildman–Crippen MR) is 85.8 cm³/mol. The molecule has 118 valence electrons. The summed E-state index contributed by atoms with van der Waals surface area (Å²) in [4.78, 5) is 22.3. The second-order valence-corrected chi connectivity index (χ2v) is 4.96. The Hall–Kier alpha value is -3.66. The first-order valence-corrected chi connectivity index (χ1v) is 6.84. The highest BCUT2D eigenvalue weighted by Crippen LogP contribution is 2.32. The lowest BCUT2D eigenvalue weighted by atomic mass is 10.0. The van der Waals surface area contributed by atoms with Crippen molar-refractivity contribution in [3.05, 3.63) is 68.6 Å². The number of nitriles is 1. The standard InChI is InChI=1S/C17H10N2O5/c1-23-14-4-2-10(3-5-14)11-6-12-7-13(9-18)17(20)24-16(12)15(8-11)19(21)22/h2-8H,1H3. The normalized spacial score (nSPS) is 10.3. The van der Waals surface area contributed by atoms with Gasteiger partial charge in [-0.1, -0.05) is 12.1 Å². The van der Waals surface area contributed by atoms with Crippen molar-refractivity contribution in [2.45, 2.75) is 0 Å². The zero-order valence-electron chi connectivity index (χ0n) is 12.5. The second kappa shape index (κ2) is 5.85. The first-order chi connectivity index (χ1) is 11.5. The van der Waals surface area contributed by atoms with Gasteiger partial charge < -0.3 is 9.15 Å². The van der Waals surface area contributed by atoms with Gasteiger partial charge in [-0.3, -0.25) is 10.1 Å². The maximum atomic E-state index is 11.6. The van der Waals surface area contributed by atoms with E-state index in [1.54, 1.807) is 43.5 Å². The van der Waals surface area contributed by atoms with E-state index < -0.39 is 10.5 Å². The number of methoxy groups -OCH3 is 1. The molecule has 0 radical (unpaired) electrons. The molecule has 0 spiro atoms. The van der Waals surface area contributed by atoms with Crippen molar-refractivity contribution in [2.75, 3.05) is 7.11 Å². The first-order valence-electron chi connectivity index (χ1n) is 6.84. The van der Waals surface area contributed by atoms with Gasteiger partial charge >= 0.3 is 11.3 Å². The summed E-state index contributed by atoms with van der Waals surface area (Å²) in [5.74, 6) is 0.659. The third-order valence-corrected chi connectivity index (χ3v) is 3.55. The van der Waals surface area contributed by atoms with E-state index in [0.29, 0.717) is 16.7 Å². The quantitative estimate of drug-likeness (QED) is 0.416. The fourth-order valence-corrected chi connectivity index (χ4v) is 2.38. The van der Waals surface area contributed by atoms with E-state index in [2.05, 4.69) is 0 Å². The molecule has 1 heterocycles. The van der Waals surface area contributed by atoms with Gasteiger partial charge in [0.2, 0.25) is 5.58 Å². The third kappa shape index (κ3) is 2.57. The molecule has 0 atom stereocenters. The van der Waals surface area contributed by atoms with Crippen LogP contribution < -0.4 is 10.4 Å². The van der Waals surface area contributed by atoms with E-state index in [9.17, 15) is 14.9 Å². The van der Waals surface area contributed by atoms with Crippen LogP contribution >= 0.6 is 0 Å². The number of non-ortho nitro benzene ring substituents is 1. The van der Waals surface area contributed by atoms with E-state index in [1.165, 1.54) is 12.1 Å². The van der Waals surface area contributed by atoms with Gasteiger partial charge in [0.15, 0.2) is 0 Å². The summed E-state index contributed by atoms with van der Waals surface area (Å²) < 4.78 is 10.1. The number of fused-ring (bicyclic) bond motifs is 1. The van der Waals surface area contributed by atoms with Gasteiger partial charge in [-0.2, -0.15) is 5.26 Å². The van der Waals surface area contributed by atoms with E-state index in [0.717, 1.165) is 5.56 Å². The topological polar surface area (TPSA) is 106 Å². The van der Waals surface area contributed by atoms with Gasteiger partial charge in [0, 0.05) is 11.5 Å². The minimum Gasteiger partial charge on any atom is -0.497 e. The van der Waals surface area contributed by atoms with Crippen LogP contribution in [-0.4, -0.2) is 12.0 Å². The Labute approximate surface area is 135 Å². The van der Waals surface area contributed by atoms with Gasteiger partial charge in [0.1, 0.15) is 17.4 Å². The number of nitro groups is 1. The number of benzene rings is 2. The Morgan fingerprint density at radius 1 is 1.17 bits per heavy atom. The number of ether oxygens (including phenoxy) is 1. The molecule has 0 unspecified atom stereocenters. The highest BCUT2D eigenvalue weighted by Gasteiger charge is 2.19. The van der Waals surface area contributed by atoms with E-state index in [1.807, 2.05) is 0 Å². The zero-order chi connectivity index (χ0) is 17.3. The molecule has 2 aromatic carbocycles. The molecule has 7 heteroatoms. The second-order valence-electron chi connectivity index (χ2n) is 4.96. The van der Waals surface area contributed by atoms with Gasteiger partial charge in [-0.05, 0) is 35.4 Å². The Morgan fingerprint density at radius 2 is 1.88 bits per heavy atom. The van der Waals surface area contributed by atoms with Crippen LogP contribution in [-0.2, 0) is 0 Å². The maximum absolute atomic E-state index is 11.6. The lowest BCUT2D eigenvalue weighted by Crippen LogP contribution is -2.04. The Balaban J connectivity index is 2.29. The molecule has 1 aromatic heterocycles.